The van der Waals surface area contributed by atoms with Gasteiger partial charge in [-0.25, -0.2) is 9.78 Å². The summed E-state index contributed by atoms with van der Waals surface area (Å²) in [7, 11) is 0. The topological polar surface area (TPSA) is 98.8 Å². The second-order valence-electron chi connectivity index (χ2n) is 9.31. The lowest BCUT2D eigenvalue weighted by Crippen LogP contribution is -2.07. The molecule has 0 fully saturated rings. The Morgan fingerprint density at radius 2 is 1.92 bits per heavy atom. The van der Waals surface area contributed by atoms with Crippen LogP contribution in [0.3, 0.4) is 0 Å². The molecular formula is C29H27N5O3. The van der Waals surface area contributed by atoms with Gasteiger partial charge in [0.2, 0.25) is 0 Å². The van der Waals surface area contributed by atoms with Crippen molar-refractivity contribution in [1.29, 1.82) is 0 Å². The number of hydrogen-bond acceptors (Lipinski definition) is 6. The maximum atomic E-state index is 11.7. The number of imidazole rings is 1. The van der Waals surface area contributed by atoms with Gasteiger partial charge in [0, 0.05) is 11.8 Å². The largest absolute Gasteiger partial charge is 0.465 e. The highest BCUT2D eigenvalue weighted by atomic mass is 16.5. The lowest BCUT2D eigenvalue weighted by Gasteiger charge is -2.16. The van der Waals surface area contributed by atoms with E-state index in [0.29, 0.717) is 25.0 Å². The van der Waals surface area contributed by atoms with Gasteiger partial charge in [-0.05, 0) is 78.6 Å². The van der Waals surface area contributed by atoms with Crippen LogP contribution >= 0.6 is 0 Å². The predicted octanol–water partition coefficient (Wildman–Crippen LogP) is 4.94. The Labute approximate surface area is 213 Å². The van der Waals surface area contributed by atoms with Crippen molar-refractivity contribution in [1.82, 2.24) is 24.7 Å². The molecule has 3 heterocycles. The number of nitrogens with one attached hydrogen (secondary N) is 1. The minimum atomic E-state index is -0.561. The number of rotatable bonds is 5. The molecule has 0 unspecified atom stereocenters. The van der Waals surface area contributed by atoms with Crippen LogP contribution in [0.5, 0.6) is 6.01 Å². The van der Waals surface area contributed by atoms with Crippen molar-refractivity contribution in [3.8, 4) is 6.01 Å². The van der Waals surface area contributed by atoms with Gasteiger partial charge >= 0.3 is 5.76 Å². The van der Waals surface area contributed by atoms with E-state index in [0.717, 1.165) is 57.4 Å². The molecule has 37 heavy (non-hydrogen) atoms. The Kier molecular flexibility index (Phi) is 5.71. The second-order valence-corrected chi connectivity index (χ2v) is 9.31. The SMILES string of the molecule is CCOc1nc2c(C)ccnc2n1Cc1ccc2c(c1)CCc1ccccc1/C2=C(/C)c1noc(=O)[nH]1. The molecule has 186 valence electrons. The Morgan fingerprint density at radius 3 is 2.73 bits per heavy atom. The number of aromatic amines is 1. The first-order valence-corrected chi connectivity index (χ1v) is 12.5. The summed E-state index contributed by atoms with van der Waals surface area (Å²) in [5.41, 5.74) is 10.6. The van der Waals surface area contributed by atoms with Crippen LogP contribution in [0.25, 0.3) is 22.3 Å². The van der Waals surface area contributed by atoms with Crippen LogP contribution in [0.1, 0.15) is 53.1 Å². The summed E-state index contributed by atoms with van der Waals surface area (Å²) >= 11 is 0. The highest BCUT2D eigenvalue weighted by molar-refractivity contribution is 5.98. The van der Waals surface area contributed by atoms with E-state index in [-0.39, 0.29) is 0 Å². The maximum Gasteiger partial charge on any atom is 0.439 e. The molecule has 8 nitrogen and oxygen atoms in total. The monoisotopic (exact) mass is 493 g/mol. The predicted molar refractivity (Wildman–Crippen MR) is 142 cm³/mol. The van der Waals surface area contributed by atoms with E-state index in [2.05, 4.69) is 51.5 Å². The molecule has 5 aromatic rings. The Balaban J connectivity index is 1.48. The summed E-state index contributed by atoms with van der Waals surface area (Å²) in [6, 6.07) is 17.5. The Bertz CT molecular complexity index is 1720. The molecule has 1 aliphatic rings. The van der Waals surface area contributed by atoms with Gasteiger partial charge in [0.25, 0.3) is 6.01 Å². The zero-order chi connectivity index (χ0) is 25.5. The van der Waals surface area contributed by atoms with Gasteiger partial charge in [-0.1, -0.05) is 47.6 Å². The molecule has 0 aliphatic heterocycles. The Morgan fingerprint density at radius 1 is 1.11 bits per heavy atom. The summed E-state index contributed by atoms with van der Waals surface area (Å²) in [6.45, 7) is 7.10. The van der Waals surface area contributed by atoms with Crippen LogP contribution in [0.2, 0.25) is 0 Å². The van der Waals surface area contributed by atoms with Crippen LogP contribution in [0.15, 0.2) is 64.0 Å². The fraction of sp³-hybridized carbons (Fsp3) is 0.241. The highest BCUT2D eigenvalue weighted by Gasteiger charge is 2.23. The smallest absolute Gasteiger partial charge is 0.439 e. The first-order chi connectivity index (χ1) is 18.0. The van der Waals surface area contributed by atoms with E-state index in [1.54, 1.807) is 0 Å². The van der Waals surface area contributed by atoms with Crippen molar-refractivity contribution in [2.24, 2.45) is 0 Å². The molecule has 0 radical (unpaired) electrons. The number of aromatic nitrogens is 5. The lowest BCUT2D eigenvalue weighted by atomic mass is 9.89. The van der Waals surface area contributed by atoms with E-state index in [4.69, 9.17) is 14.2 Å². The minimum absolute atomic E-state index is 0.444. The van der Waals surface area contributed by atoms with Gasteiger partial charge in [-0.2, -0.15) is 4.98 Å². The number of aryl methyl sites for hydroxylation is 3. The summed E-state index contributed by atoms with van der Waals surface area (Å²) in [5.74, 6) is -0.117. The standard InChI is InChI=1S/C29H27N5O3/c1-4-36-28-31-25-17(2)13-14-30-27(25)34(28)16-19-9-12-23-21(15-19)11-10-20-7-5-6-8-22(20)24(23)18(3)26-32-29(35)37-33-26/h5-9,12-15H,4,10-11,16H2,1-3H3,(H,32,33,35)/b24-18+. The van der Waals surface area contributed by atoms with E-state index in [1.807, 2.05) is 43.7 Å². The summed E-state index contributed by atoms with van der Waals surface area (Å²) in [4.78, 5) is 23.7. The van der Waals surface area contributed by atoms with Crippen molar-refractivity contribution in [3.05, 3.63) is 104 Å². The van der Waals surface area contributed by atoms with E-state index < -0.39 is 5.76 Å². The summed E-state index contributed by atoms with van der Waals surface area (Å²) in [6.07, 6.45) is 3.62. The van der Waals surface area contributed by atoms with Crippen molar-refractivity contribution in [2.45, 2.75) is 40.2 Å². The molecule has 0 atom stereocenters. The number of benzene rings is 2. The molecule has 2 aromatic carbocycles. The average Bonchev–Trinajstić information content (AvgIpc) is 3.44. The van der Waals surface area contributed by atoms with E-state index in [1.165, 1.54) is 11.1 Å². The molecule has 0 bridgehead atoms. The number of nitrogens with zero attached hydrogens (tertiary/aromatic N) is 4. The third kappa shape index (κ3) is 4.04. The van der Waals surface area contributed by atoms with Crippen LogP contribution in [0.4, 0.5) is 0 Å². The average molecular weight is 494 g/mol. The van der Waals surface area contributed by atoms with Gasteiger partial charge in [0.05, 0.1) is 13.2 Å². The fourth-order valence-corrected chi connectivity index (χ4v) is 5.19. The lowest BCUT2D eigenvalue weighted by molar-refractivity contribution is 0.301. The molecule has 6 rings (SSSR count). The second kappa shape index (κ2) is 9.20. The molecule has 0 saturated carbocycles. The Hall–Kier alpha value is -4.46. The first-order valence-electron chi connectivity index (χ1n) is 12.5. The highest BCUT2D eigenvalue weighted by Crippen LogP contribution is 2.38. The van der Waals surface area contributed by atoms with Gasteiger partial charge < -0.3 is 4.74 Å². The van der Waals surface area contributed by atoms with Crippen LogP contribution < -0.4 is 10.5 Å². The van der Waals surface area contributed by atoms with Gasteiger partial charge in [0.1, 0.15) is 5.52 Å². The number of pyridine rings is 1. The third-order valence-corrected chi connectivity index (χ3v) is 6.97. The molecule has 1 aliphatic carbocycles. The molecule has 3 aromatic heterocycles. The van der Waals surface area contributed by atoms with Crippen LogP contribution in [-0.4, -0.2) is 31.3 Å². The van der Waals surface area contributed by atoms with Gasteiger partial charge in [-0.3, -0.25) is 14.1 Å². The first kappa shape index (κ1) is 23.0. The molecule has 8 heteroatoms. The van der Waals surface area contributed by atoms with Gasteiger partial charge in [0.15, 0.2) is 11.5 Å². The molecular weight excluding hydrogens is 466 g/mol. The number of ether oxygens (including phenoxy) is 1. The zero-order valence-corrected chi connectivity index (χ0v) is 21.0. The van der Waals surface area contributed by atoms with Crippen LogP contribution in [-0.2, 0) is 19.4 Å². The minimum Gasteiger partial charge on any atom is -0.465 e. The van der Waals surface area contributed by atoms with Crippen molar-refractivity contribution < 1.29 is 9.26 Å². The number of allylic oxidation sites excluding steroid dienone is 1. The van der Waals surface area contributed by atoms with Crippen LogP contribution in [0, 0.1) is 6.92 Å². The normalized spacial score (nSPS) is 14.2. The van der Waals surface area contributed by atoms with Crippen molar-refractivity contribution >= 4 is 22.3 Å². The molecule has 0 spiro atoms. The van der Waals surface area contributed by atoms with E-state index >= 15 is 0 Å². The van der Waals surface area contributed by atoms with Gasteiger partial charge in [-0.15, -0.1) is 0 Å². The number of fused-ring (bicyclic) bond motifs is 3. The molecule has 0 amide bonds. The maximum absolute atomic E-state index is 11.7. The summed E-state index contributed by atoms with van der Waals surface area (Å²) < 4.78 is 12.7. The molecule has 0 saturated heterocycles. The fourth-order valence-electron chi connectivity index (χ4n) is 5.19. The number of H-pyrrole nitrogens is 1. The van der Waals surface area contributed by atoms with Crippen molar-refractivity contribution in [3.63, 3.8) is 0 Å². The van der Waals surface area contributed by atoms with Crippen molar-refractivity contribution in [2.75, 3.05) is 6.61 Å². The zero-order valence-electron chi connectivity index (χ0n) is 21.0. The number of hydrogen-bond donors (Lipinski definition) is 1. The quantitative estimate of drug-likeness (QED) is 0.372. The van der Waals surface area contributed by atoms with E-state index in [9.17, 15) is 4.79 Å². The third-order valence-electron chi connectivity index (χ3n) is 6.97. The summed E-state index contributed by atoms with van der Waals surface area (Å²) in [5, 5.41) is 3.97. The molecule has 1 N–H and O–H groups in total.